The number of benzene rings is 2. The molecule has 2 aromatic carbocycles. The van der Waals surface area contributed by atoms with E-state index in [-0.39, 0.29) is 37.8 Å². The van der Waals surface area contributed by atoms with E-state index < -0.39 is 81.3 Å². The molecule has 4 heterocycles. The fourth-order valence-corrected chi connectivity index (χ4v) is 7.57. The van der Waals surface area contributed by atoms with Crippen molar-refractivity contribution >= 4 is 64.8 Å². The molecule has 6 aromatic rings. The predicted molar refractivity (Wildman–Crippen MR) is 188 cm³/mol. The first kappa shape index (κ1) is 41.5. The van der Waals surface area contributed by atoms with E-state index in [1.807, 2.05) is 4.72 Å². The first-order valence-corrected chi connectivity index (χ1v) is 18.7. The number of hydrogen-bond acceptors (Lipinski definition) is 10. The number of hydrogen-bond donors (Lipinski definition) is 4. The van der Waals surface area contributed by atoms with E-state index in [1.54, 1.807) is 18.2 Å². The first-order valence-electron chi connectivity index (χ1n) is 15.3. The normalized spacial score (nSPS) is 11.8. The van der Waals surface area contributed by atoms with Crippen LogP contribution in [-0.4, -0.2) is 70.9 Å². The molecule has 4 aromatic heterocycles. The summed E-state index contributed by atoms with van der Waals surface area (Å²) in [5.41, 5.74) is -0.357. The number of aromatic nitrogens is 4. The highest BCUT2D eigenvalue weighted by Crippen LogP contribution is 2.34. The maximum Gasteiger partial charge on any atom is 0.388 e. The zero-order valence-electron chi connectivity index (χ0n) is 28.3. The van der Waals surface area contributed by atoms with Gasteiger partial charge in [0.1, 0.15) is 34.4 Å². The molecule has 0 aliphatic rings. The van der Waals surface area contributed by atoms with Gasteiger partial charge in [0.25, 0.3) is 38.2 Å². The topological polar surface area (TPSA) is 187 Å². The maximum absolute atomic E-state index is 14.1. The molecule has 0 amide bonds. The SMILES string of the molecule is COc1nc(OC(F)F)c(F)cc1NS(=O)(=O)c1c[nH]c2cc(C(F)F)ccc12.COc1nc(OCCF)c(F)cc1NS(=O)(=O)c1c[nH]c2cc(Cl)ccc12. The molecule has 0 radical (unpaired) electrons. The molecule has 0 saturated heterocycles. The zero-order valence-corrected chi connectivity index (χ0v) is 30.7. The second-order valence-corrected chi connectivity index (χ2v) is 14.6. The largest absolute Gasteiger partial charge is 0.479 e. The molecule has 0 fully saturated rings. The molecule has 0 bridgehead atoms. The van der Waals surface area contributed by atoms with E-state index in [2.05, 4.69) is 29.4 Å². The zero-order chi connectivity index (χ0) is 40.9. The lowest BCUT2D eigenvalue weighted by atomic mass is 10.2. The minimum atomic E-state index is -4.36. The molecule has 0 spiro atoms. The standard InChI is InChI=1S/C16H14ClF2N3O4S.C16H12F5N3O4S/c1-25-16-13(7-11(19)15(21-16)26-5-4-18)22-27(23,24)14-8-20-12-6-9(17)2-3-10(12)14;1-27-15-11(5-9(17)14(23-15)28-16(20)21)24-29(25,26)12-6-22-10-4-7(13(18)19)2-3-8(10)12/h2-3,6-8,20,22H,4-5H2,1H3;2-6,13,16,22,24H,1H3. The summed E-state index contributed by atoms with van der Waals surface area (Å²) in [5, 5.41) is 0.951. The van der Waals surface area contributed by atoms with Gasteiger partial charge in [-0.3, -0.25) is 9.44 Å². The summed E-state index contributed by atoms with van der Waals surface area (Å²) in [6, 6.07) is 9.44. The first-order chi connectivity index (χ1) is 26.5. The van der Waals surface area contributed by atoms with Gasteiger partial charge in [-0.1, -0.05) is 23.7 Å². The molecule has 56 heavy (non-hydrogen) atoms. The van der Waals surface area contributed by atoms with E-state index in [0.717, 1.165) is 31.5 Å². The van der Waals surface area contributed by atoms with Gasteiger partial charge >= 0.3 is 6.61 Å². The van der Waals surface area contributed by atoms with Crippen molar-refractivity contribution in [1.82, 2.24) is 19.9 Å². The van der Waals surface area contributed by atoms with Crippen molar-refractivity contribution in [3.63, 3.8) is 0 Å². The Bertz CT molecular complexity index is 2600. The highest BCUT2D eigenvalue weighted by Gasteiger charge is 2.26. The van der Waals surface area contributed by atoms with Crippen LogP contribution in [0.25, 0.3) is 21.8 Å². The number of rotatable bonds is 14. The van der Waals surface area contributed by atoms with Crippen LogP contribution in [0.5, 0.6) is 23.5 Å². The summed E-state index contributed by atoms with van der Waals surface area (Å²) in [5.74, 6) is -4.64. The molecule has 0 unspecified atom stereocenters. The van der Waals surface area contributed by atoms with E-state index >= 15 is 0 Å². The molecule has 14 nitrogen and oxygen atoms in total. The van der Waals surface area contributed by atoms with Crippen LogP contribution in [0.15, 0.2) is 70.7 Å². The number of methoxy groups -OCH3 is 2. The molecule has 0 aliphatic heterocycles. The van der Waals surface area contributed by atoms with Crippen LogP contribution in [0.1, 0.15) is 12.0 Å². The number of aromatic amines is 2. The Hall–Kier alpha value is -5.68. The number of nitrogens with zero attached hydrogens (tertiary/aromatic N) is 2. The van der Waals surface area contributed by atoms with Gasteiger partial charge in [-0.2, -0.15) is 18.7 Å². The van der Waals surface area contributed by atoms with Gasteiger partial charge in [0, 0.05) is 56.9 Å². The Morgan fingerprint density at radius 1 is 0.732 bits per heavy atom. The minimum absolute atomic E-state index is 0.0608. The Morgan fingerprint density at radius 3 is 1.73 bits per heavy atom. The van der Waals surface area contributed by atoms with Crippen LogP contribution in [0.2, 0.25) is 5.02 Å². The van der Waals surface area contributed by atoms with Gasteiger partial charge in [0.2, 0.25) is 11.8 Å². The molecular weight excluding hydrogens is 829 g/mol. The summed E-state index contributed by atoms with van der Waals surface area (Å²) in [4.78, 5) is 12.1. The third kappa shape index (κ3) is 9.22. The molecule has 300 valence electrons. The summed E-state index contributed by atoms with van der Waals surface area (Å²) in [6.45, 7) is -4.58. The number of fused-ring (bicyclic) bond motifs is 2. The number of sulfonamides is 2. The van der Waals surface area contributed by atoms with Crippen LogP contribution >= 0.6 is 11.6 Å². The number of alkyl halides is 5. The van der Waals surface area contributed by atoms with Gasteiger partial charge in [0.15, 0.2) is 11.6 Å². The Kier molecular flexibility index (Phi) is 12.6. The number of H-pyrrole nitrogens is 2. The molecule has 0 atom stereocenters. The fraction of sp³-hybridized carbons (Fsp3) is 0.188. The molecular formula is C32H26ClF7N6O8S2. The Balaban J connectivity index is 0.000000215. The molecule has 0 saturated carbocycles. The highest BCUT2D eigenvalue weighted by molar-refractivity contribution is 7.93. The summed E-state index contributed by atoms with van der Waals surface area (Å²) in [7, 11) is -6.18. The van der Waals surface area contributed by atoms with E-state index in [9.17, 15) is 47.6 Å². The van der Waals surface area contributed by atoms with Crippen molar-refractivity contribution in [1.29, 1.82) is 0 Å². The lowest BCUT2D eigenvalue weighted by molar-refractivity contribution is -0.0555. The third-order valence-corrected chi connectivity index (χ3v) is 10.4. The lowest BCUT2D eigenvalue weighted by Gasteiger charge is -2.13. The number of nitrogens with one attached hydrogen (secondary N) is 4. The third-order valence-electron chi connectivity index (χ3n) is 7.31. The fourth-order valence-electron chi connectivity index (χ4n) is 4.94. The monoisotopic (exact) mass is 854 g/mol. The maximum atomic E-state index is 14.1. The molecule has 4 N–H and O–H groups in total. The highest BCUT2D eigenvalue weighted by atomic mass is 35.5. The van der Waals surface area contributed by atoms with Gasteiger partial charge < -0.3 is 28.9 Å². The Labute approximate surface area is 317 Å². The van der Waals surface area contributed by atoms with Crippen molar-refractivity contribution in [2.45, 2.75) is 22.8 Å². The second kappa shape index (κ2) is 17.0. The van der Waals surface area contributed by atoms with Gasteiger partial charge in [-0.25, -0.2) is 38.8 Å². The van der Waals surface area contributed by atoms with Crippen LogP contribution in [-0.2, 0) is 20.0 Å². The van der Waals surface area contributed by atoms with Crippen LogP contribution in [0.4, 0.5) is 42.1 Å². The summed E-state index contributed by atoms with van der Waals surface area (Å²) in [6.07, 6.45) is -0.390. The number of ether oxygens (including phenoxy) is 4. The van der Waals surface area contributed by atoms with Crippen LogP contribution in [0.3, 0.4) is 0 Å². The van der Waals surface area contributed by atoms with E-state index in [1.165, 1.54) is 19.4 Å². The van der Waals surface area contributed by atoms with Crippen LogP contribution < -0.4 is 28.4 Å². The van der Waals surface area contributed by atoms with E-state index in [0.29, 0.717) is 22.0 Å². The average molecular weight is 855 g/mol. The number of pyridine rings is 2. The van der Waals surface area contributed by atoms with Gasteiger partial charge in [-0.05, 0) is 24.3 Å². The smallest absolute Gasteiger partial charge is 0.388 e. The van der Waals surface area contributed by atoms with Crippen molar-refractivity contribution in [3.05, 3.63) is 83.1 Å². The number of halogens is 8. The van der Waals surface area contributed by atoms with Crippen LogP contribution in [0, 0.1) is 11.6 Å². The molecule has 0 aliphatic carbocycles. The summed E-state index contributed by atoms with van der Waals surface area (Å²) < 4.78 is 164. The minimum Gasteiger partial charge on any atom is -0.479 e. The predicted octanol–water partition coefficient (Wildman–Crippen LogP) is 7.56. The van der Waals surface area contributed by atoms with Gasteiger partial charge in [-0.15, -0.1) is 0 Å². The quantitative estimate of drug-likeness (QED) is 0.0797. The molecule has 6 rings (SSSR count). The second-order valence-electron chi connectivity index (χ2n) is 10.9. The summed E-state index contributed by atoms with van der Waals surface area (Å²) >= 11 is 5.89. The molecule has 24 heteroatoms. The van der Waals surface area contributed by atoms with Crippen molar-refractivity contribution in [3.8, 4) is 23.5 Å². The van der Waals surface area contributed by atoms with Crippen molar-refractivity contribution in [2.24, 2.45) is 0 Å². The van der Waals surface area contributed by atoms with Gasteiger partial charge in [0.05, 0.1) is 14.2 Å². The van der Waals surface area contributed by atoms with Crippen molar-refractivity contribution in [2.75, 3.05) is 36.9 Å². The average Bonchev–Trinajstić information content (AvgIpc) is 3.77. The van der Waals surface area contributed by atoms with Crippen molar-refractivity contribution < 1.29 is 66.5 Å². The lowest BCUT2D eigenvalue weighted by Crippen LogP contribution is -2.15. The Morgan fingerprint density at radius 2 is 1.23 bits per heavy atom. The number of anilines is 2. The van der Waals surface area contributed by atoms with E-state index in [4.69, 9.17) is 25.8 Å².